The van der Waals surface area contributed by atoms with Crippen molar-refractivity contribution in [3.63, 3.8) is 0 Å². The molecule has 2 rings (SSSR count). The molecule has 0 aromatic heterocycles. The van der Waals surface area contributed by atoms with Crippen molar-refractivity contribution in [2.45, 2.75) is 26.2 Å². The maximum Gasteiger partial charge on any atom is 0.319 e. The molecule has 2 amide bonds. The summed E-state index contributed by atoms with van der Waals surface area (Å²) in [6.45, 7) is 4.01. The smallest absolute Gasteiger partial charge is 0.319 e. The Labute approximate surface area is 118 Å². The van der Waals surface area contributed by atoms with E-state index in [1.54, 1.807) is 19.1 Å². The molecule has 0 aliphatic carbocycles. The predicted octanol–water partition coefficient (Wildman–Crippen LogP) is 3.07. The summed E-state index contributed by atoms with van der Waals surface area (Å²) in [6.07, 6.45) is 3.12. The zero-order chi connectivity index (χ0) is 14.4. The van der Waals surface area contributed by atoms with Crippen LogP contribution in [0.4, 0.5) is 14.9 Å². The molecule has 1 heterocycles. The number of hydrogen-bond acceptors (Lipinski definition) is 2. The van der Waals surface area contributed by atoms with E-state index in [-0.39, 0.29) is 11.8 Å². The first-order chi connectivity index (χ1) is 9.65. The van der Waals surface area contributed by atoms with Crippen molar-refractivity contribution in [2.24, 2.45) is 5.92 Å². The fraction of sp³-hybridized carbons (Fsp3) is 0.533. The fourth-order valence-electron chi connectivity index (χ4n) is 2.25. The maximum absolute atomic E-state index is 13.3. The zero-order valence-corrected chi connectivity index (χ0v) is 11.7. The van der Waals surface area contributed by atoms with Gasteiger partial charge in [0.2, 0.25) is 0 Å². The molecule has 1 aliphatic heterocycles. The van der Waals surface area contributed by atoms with Crippen molar-refractivity contribution >= 4 is 11.7 Å². The van der Waals surface area contributed by atoms with Crippen LogP contribution in [0.5, 0.6) is 0 Å². The molecule has 1 fully saturated rings. The first-order valence-electron chi connectivity index (χ1n) is 7.04. The molecule has 1 aliphatic rings. The Hall–Kier alpha value is -1.62. The molecule has 0 bridgehead atoms. The third-order valence-electron chi connectivity index (χ3n) is 3.53. The topological polar surface area (TPSA) is 50.4 Å². The van der Waals surface area contributed by atoms with Crippen molar-refractivity contribution in [2.75, 3.05) is 25.1 Å². The third kappa shape index (κ3) is 4.49. The number of carbonyl (C=O) groups is 1. The van der Waals surface area contributed by atoms with Gasteiger partial charge in [0, 0.05) is 25.4 Å². The number of rotatable bonds is 5. The van der Waals surface area contributed by atoms with Crippen LogP contribution in [0.25, 0.3) is 0 Å². The summed E-state index contributed by atoms with van der Waals surface area (Å²) in [7, 11) is 0. The number of halogens is 1. The molecule has 0 unspecified atom stereocenters. The van der Waals surface area contributed by atoms with E-state index in [0.717, 1.165) is 32.5 Å². The second kappa shape index (κ2) is 7.24. The summed E-state index contributed by atoms with van der Waals surface area (Å²) >= 11 is 0. The average molecular weight is 280 g/mol. The normalized spacial score (nSPS) is 18.0. The van der Waals surface area contributed by atoms with Crippen LogP contribution in [0.2, 0.25) is 0 Å². The first kappa shape index (κ1) is 14.8. The molecular weight excluding hydrogens is 259 g/mol. The summed E-state index contributed by atoms with van der Waals surface area (Å²) in [6, 6.07) is 4.36. The third-order valence-corrected chi connectivity index (χ3v) is 3.53. The van der Waals surface area contributed by atoms with Gasteiger partial charge in [-0.2, -0.15) is 0 Å². The SMILES string of the molecule is Cc1ccc(NC(=O)NCCC[C@H]2CCOC2)cc1F. The molecule has 0 saturated carbocycles. The molecule has 1 aromatic rings. The quantitative estimate of drug-likeness (QED) is 0.814. The van der Waals surface area contributed by atoms with Crippen LogP contribution < -0.4 is 10.6 Å². The highest BCUT2D eigenvalue weighted by Crippen LogP contribution is 2.17. The molecule has 1 saturated heterocycles. The van der Waals surface area contributed by atoms with Crippen LogP contribution in [-0.4, -0.2) is 25.8 Å². The zero-order valence-electron chi connectivity index (χ0n) is 11.7. The molecule has 1 aromatic carbocycles. The van der Waals surface area contributed by atoms with Crippen LogP contribution in [0, 0.1) is 18.7 Å². The van der Waals surface area contributed by atoms with Gasteiger partial charge in [-0.1, -0.05) is 6.07 Å². The minimum atomic E-state index is -0.316. The molecule has 5 heteroatoms. The van der Waals surface area contributed by atoms with Gasteiger partial charge in [0.25, 0.3) is 0 Å². The van der Waals surface area contributed by atoms with E-state index < -0.39 is 0 Å². The summed E-state index contributed by atoms with van der Waals surface area (Å²) in [5, 5.41) is 5.40. The number of anilines is 1. The lowest BCUT2D eigenvalue weighted by Gasteiger charge is -2.10. The minimum absolute atomic E-state index is 0.295. The lowest BCUT2D eigenvalue weighted by Crippen LogP contribution is -2.29. The number of aryl methyl sites for hydroxylation is 1. The van der Waals surface area contributed by atoms with Gasteiger partial charge in [0.15, 0.2) is 0 Å². The Balaban J connectivity index is 1.65. The van der Waals surface area contributed by atoms with Crippen LogP contribution in [0.3, 0.4) is 0 Å². The fourth-order valence-corrected chi connectivity index (χ4v) is 2.25. The van der Waals surface area contributed by atoms with Crippen LogP contribution in [-0.2, 0) is 4.74 Å². The highest BCUT2D eigenvalue weighted by molar-refractivity contribution is 5.89. The van der Waals surface area contributed by atoms with Crippen LogP contribution >= 0.6 is 0 Å². The van der Waals surface area contributed by atoms with Gasteiger partial charge in [0.05, 0.1) is 0 Å². The van der Waals surface area contributed by atoms with Crippen molar-refractivity contribution in [3.05, 3.63) is 29.6 Å². The van der Waals surface area contributed by atoms with E-state index in [9.17, 15) is 9.18 Å². The number of benzene rings is 1. The lowest BCUT2D eigenvalue weighted by atomic mass is 10.0. The number of ether oxygens (including phenoxy) is 1. The van der Waals surface area contributed by atoms with E-state index in [2.05, 4.69) is 10.6 Å². The van der Waals surface area contributed by atoms with Gasteiger partial charge in [-0.3, -0.25) is 0 Å². The van der Waals surface area contributed by atoms with Gasteiger partial charge in [-0.25, -0.2) is 9.18 Å². The van der Waals surface area contributed by atoms with Gasteiger partial charge in [-0.05, 0) is 49.8 Å². The highest BCUT2D eigenvalue weighted by Gasteiger charge is 2.14. The van der Waals surface area contributed by atoms with Gasteiger partial charge >= 0.3 is 6.03 Å². The van der Waals surface area contributed by atoms with E-state index in [4.69, 9.17) is 4.74 Å². The molecule has 1 atom stereocenters. The Bertz CT molecular complexity index is 459. The van der Waals surface area contributed by atoms with Gasteiger partial charge in [0.1, 0.15) is 5.82 Å². The summed E-state index contributed by atoms with van der Waals surface area (Å²) in [5.41, 5.74) is 1.03. The Morgan fingerprint density at radius 2 is 2.35 bits per heavy atom. The van der Waals surface area contributed by atoms with Gasteiger partial charge in [-0.15, -0.1) is 0 Å². The van der Waals surface area contributed by atoms with Crippen molar-refractivity contribution < 1.29 is 13.9 Å². The van der Waals surface area contributed by atoms with Crippen LogP contribution in [0.1, 0.15) is 24.8 Å². The highest BCUT2D eigenvalue weighted by atomic mass is 19.1. The van der Waals surface area contributed by atoms with E-state index in [1.807, 2.05) is 0 Å². The van der Waals surface area contributed by atoms with Crippen LogP contribution in [0.15, 0.2) is 18.2 Å². The molecule has 2 N–H and O–H groups in total. The molecule has 110 valence electrons. The maximum atomic E-state index is 13.3. The number of hydrogen-bond donors (Lipinski definition) is 2. The largest absolute Gasteiger partial charge is 0.381 e. The molecule has 0 radical (unpaired) electrons. The number of amides is 2. The summed E-state index contributed by atoms with van der Waals surface area (Å²) in [5.74, 6) is 0.315. The van der Waals surface area contributed by atoms with Crippen molar-refractivity contribution in [3.8, 4) is 0 Å². The van der Waals surface area contributed by atoms with Crippen molar-refractivity contribution in [1.29, 1.82) is 0 Å². The minimum Gasteiger partial charge on any atom is -0.381 e. The second-order valence-electron chi connectivity index (χ2n) is 5.22. The van der Waals surface area contributed by atoms with Gasteiger partial charge < -0.3 is 15.4 Å². The number of carbonyl (C=O) groups excluding carboxylic acids is 1. The van der Waals surface area contributed by atoms with E-state index >= 15 is 0 Å². The first-order valence-corrected chi connectivity index (χ1v) is 7.04. The number of nitrogens with one attached hydrogen (secondary N) is 2. The monoisotopic (exact) mass is 280 g/mol. The Kier molecular flexibility index (Phi) is 5.35. The van der Waals surface area contributed by atoms with E-state index in [1.165, 1.54) is 6.07 Å². The molecule has 20 heavy (non-hydrogen) atoms. The molecule has 4 nitrogen and oxygen atoms in total. The standard InChI is InChI=1S/C15H21FN2O2/c1-11-4-5-13(9-14(11)16)18-15(19)17-7-2-3-12-6-8-20-10-12/h4-5,9,12H,2-3,6-8,10H2,1H3,(H2,17,18,19)/t12-/m0/s1. The Morgan fingerprint density at radius 3 is 3.05 bits per heavy atom. The summed E-state index contributed by atoms with van der Waals surface area (Å²) < 4.78 is 18.6. The van der Waals surface area contributed by atoms with E-state index in [0.29, 0.717) is 23.7 Å². The molecular formula is C15H21FN2O2. The average Bonchev–Trinajstić information content (AvgIpc) is 2.92. The Morgan fingerprint density at radius 1 is 1.50 bits per heavy atom. The predicted molar refractivity (Wildman–Crippen MR) is 76.3 cm³/mol. The molecule has 0 spiro atoms. The summed E-state index contributed by atoms with van der Waals surface area (Å²) in [4.78, 5) is 11.6. The lowest BCUT2D eigenvalue weighted by molar-refractivity contribution is 0.184. The number of urea groups is 1. The second-order valence-corrected chi connectivity index (χ2v) is 5.22. The van der Waals surface area contributed by atoms with Crippen molar-refractivity contribution in [1.82, 2.24) is 5.32 Å².